The van der Waals surface area contributed by atoms with Crippen LogP contribution in [0.3, 0.4) is 0 Å². The predicted molar refractivity (Wildman–Crippen MR) is 107 cm³/mol. The van der Waals surface area contributed by atoms with Gasteiger partial charge in [0, 0.05) is 24.7 Å². The zero-order valence-electron chi connectivity index (χ0n) is 15.4. The van der Waals surface area contributed by atoms with E-state index in [9.17, 15) is 28.1 Å². The normalized spacial score (nSPS) is 12.9. The van der Waals surface area contributed by atoms with E-state index in [-0.39, 0.29) is 42.0 Å². The first kappa shape index (κ1) is 21.0. The molecule has 0 saturated carbocycles. The second kappa shape index (κ2) is 8.34. The zero-order valence-corrected chi connectivity index (χ0v) is 16.2. The molecule has 0 aromatic heterocycles. The smallest absolute Gasteiger partial charge is 0.293 e. The number of nitro benzene ring substituents is 1. The van der Waals surface area contributed by atoms with Gasteiger partial charge in [-0.15, -0.1) is 0 Å². The lowest BCUT2D eigenvalue weighted by Crippen LogP contribution is -2.25. The summed E-state index contributed by atoms with van der Waals surface area (Å²) in [5.74, 6) is -0.191. The Hall–Kier alpha value is -3.71. The minimum absolute atomic E-state index is 0.0337. The van der Waals surface area contributed by atoms with Crippen molar-refractivity contribution < 1.29 is 27.7 Å². The Kier molecular flexibility index (Phi) is 5.84. The minimum Gasteiger partial charge on any atom is -0.482 e. The van der Waals surface area contributed by atoms with Crippen LogP contribution in [0.15, 0.2) is 41.3 Å². The Morgan fingerprint density at radius 3 is 2.73 bits per heavy atom. The van der Waals surface area contributed by atoms with Crippen molar-refractivity contribution in [2.45, 2.75) is 11.3 Å². The first-order valence-electron chi connectivity index (χ1n) is 8.55. The fourth-order valence-electron chi connectivity index (χ4n) is 2.68. The summed E-state index contributed by atoms with van der Waals surface area (Å²) in [6.45, 7) is -0.0269. The van der Waals surface area contributed by atoms with Gasteiger partial charge in [-0.1, -0.05) is 0 Å². The van der Waals surface area contributed by atoms with E-state index in [1.807, 2.05) is 0 Å². The largest absolute Gasteiger partial charge is 0.482 e. The number of nitrogens with zero attached hydrogens (tertiary/aromatic N) is 1. The van der Waals surface area contributed by atoms with Crippen molar-refractivity contribution >= 4 is 44.6 Å². The number of rotatable bonds is 7. The number of primary sulfonamides is 1. The topological polar surface area (TPSA) is 183 Å². The third kappa shape index (κ3) is 5.01. The van der Waals surface area contributed by atoms with E-state index in [4.69, 9.17) is 9.88 Å². The lowest BCUT2D eigenvalue weighted by atomic mass is 10.2. The Morgan fingerprint density at radius 2 is 2.03 bits per heavy atom. The summed E-state index contributed by atoms with van der Waals surface area (Å²) in [5, 5.41) is 24.2. The van der Waals surface area contributed by atoms with Gasteiger partial charge in [0.1, 0.15) is 11.4 Å². The molecule has 3 rings (SSSR count). The van der Waals surface area contributed by atoms with Crippen LogP contribution in [-0.4, -0.2) is 38.3 Å². The number of nitrogens with two attached hydrogens (primary N) is 1. The zero-order chi connectivity index (χ0) is 21.9. The van der Waals surface area contributed by atoms with Crippen molar-refractivity contribution in [3.8, 4) is 5.75 Å². The third-order valence-electron chi connectivity index (χ3n) is 4.06. The molecule has 0 bridgehead atoms. The van der Waals surface area contributed by atoms with E-state index in [1.165, 1.54) is 6.07 Å². The molecule has 0 fully saturated rings. The molecule has 13 heteroatoms. The van der Waals surface area contributed by atoms with Gasteiger partial charge in [0.2, 0.25) is 15.9 Å². The van der Waals surface area contributed by atoms with Gasteiger partial charge in [0.05, 0.1) is 15.5 Å². The molecular weight excluding hydrogens is 418 g/mol. The molecule has 5 N–H and O–H groups in total. The number of amides is 2. The maximum absolute atomic E-state index is 12.1. The van der Waals surface area contributed by atoms with Gasteiger partial charge < -0.3 is 20.7 Å². The molecule has 1 aliphatic rings. The molecule has 2 aromatic rings. The van der Waals surface area contributed by atoms with E-state index >= 15 is 0 Å². The number of carbonyl (C=O) groups is 2. The molecule has 1 aliphatic heterocycles. The summed E-state index contributed by atoms with van der Waals surface area (Å²) in [6.07, 6.45) is -0.0337. The molecule has 2 amide bonds. The number of hydrogen-bond donors (Lipinski definition) is 4. The van der Waals surface area contributed by atoms with Gasteiger partial charge in [0.25, 0.3) is 11.6 Å². The van der Waals surface area contributed by atoms with Crippen molar-refractivity contribution in [1.82, 2.24) is 0 Å². The molecule has 30 heavy (non-hydrogen) atoms. The van der Waals surface area contributed by atoms with Crippen LogP contribution < -0.4 is 25.8 Å². The molecule has 0 atom stereocenters. The number of anilines is 3. The Bertz CT molecular complexity index is 1130. The summed E-state index contributed by atoms with van der Waals surface area (Å²) in [7, 11) is -4.09. The summed E-state index contributed by atoms with van der Waals surface area (Å²) >= 11 is 0. The van der Waals surface area contributed by atoms with Crippen LogP contribution in [0.2, 0.25) is 0 Å². The van der Waals surface area contributed by atoms with Gasteiger partial charge >= 0.3 is 0 Å². The van der Waals surface area contributed by atoms with Gasteiger partial charge in [-0.2, -0.15) is 0 Å². The summed E-state index contributed by atoms with van der Waals surface area (Å²) in [6, 6.07) is 7.96. The van der Waals surface area contributed by atoms with Crippen molar-refractivity contribution in [3.63, 3.8) is 0 Å². The molecule has 0 spiro atoms. The Morgan fingerprint density at radius 1 is 1.27 bits per heavy atom. The standard InChI is InChI=1S/C17H17N5O7S/c18-30(27,28)11-2-3-12(14(8-11)22(25)26)19-6-5-16(23)20-10-1-4-15-13(7-10)21-17(24)9-29-15/h1-4,7-8,19H,5-6,9H2,(H,20,23)(H,21,24)(H2,18,27,28). The second-order valence-corrected chi connectivity index (χ2v) is 7.82. The molecule has 1 heterocycles. The number of sulfonamides is 1. The lowest BCUT2D eigenvalue weighted by molar-refractivity contribution is -0.384. The first-order valence-corrected chi connectivity index (χ1v) is 10.1. The van der Waals surface area contributed by atoms with Crippen LogP contribution in [0, 0.1) is 10.1 Å². The van der Waals surface area contributed by atoms with E-state index in [1.54, 1.807) is 18.2 Å². The van der Waals surface area contributed by atoms with Gasteiger partial charge in [0.15, 0.2) is 6.61 Å². The van der Waals surface area contributed by atoms with Crippen LogP contribution >= 0.6 is 0 Å². The average molecular weight is 435 g/mol. The maximum Gasteiger partial charge on any atom is 0.293 e. The number of carbonyl (C=O) groups excluding carboxylic acids is 2. The van der Waals surface area contributed by atoms with Gasteiger partial charge in [-0.05, 0) is 30.3 Å². The molecule has 0 unspecified atom stereocenters. The number of hydrogen-bond acceptors (Lipinski definition) is 8. The number of benzene rings is 2. The fourth-order valence-corrected chi connectivity index (χ4v) is 3.22. The van der Waals surface area contributed by atoms with E-state index in [0.717, 1.165) is 12.1 Å². The summed E-state index contributed by atoms with van der Waals surface area (Å²) in [4.78, 5) is 33.6. The third-order valence-corrected chi connectivity index (χ3v) is 4.97. The molecule has 12 nitrogen and oxygen atoms in total. The lowest BCUT2D eigenvalue weighted by Gasteiger charge is -2.18. The monoisotopic (exact) mass is 435 g/mol. The summed E-state index contributed by atoms with van der Waals surface area (Å²) in [5.41, 5.74) is 0.446. The number of fused-ring (bicyclic) bond motifs is 1. The highest BCUT2D eigenvalue weighted by Crippen LogP contribution is 2.30. The van der Waals surface area contributed by atoms with E-state index < -0.39 is 20.6 Å². The minimum atomic E-state index is -4.09. The van der Waals surface area contributed by atoms with Crippen molar-refractivity contribution in [2.75, 3.05) is 29.1 Å². The number of nitrogens with one attached hydrogen (secondary N) is 3. The van der Waals surface area contributed by atoms with Crippen molar-refractivity contribution in [2.24, 2.45) is 5.14 Å². The summed E-state index contributed by atoms with van der Waals surface area (Å²) < 4.78 is 27.9. The second-order valence-electron chi connectivity index (χ2n) is 6.25. The Balaban J connectivity index is 1.60. The van der Waals surface area contributed by atoms with Gasteiger partial charge in [-0.3, -0.25) is 19.7 Å². The molecular formula is C17H17N5O7S. The van der Waals surface area contributed by atoms with Crippen LogP contribution in [-0.2, 0) is 19.6 Å². The highest BCUT2D eigenvalue weighted by Gasteiger charge is 2.19. The van der Waals surface area contributed by atoms with Crippen molar-refractivity contribution in [3.05, 3.63) is 46.5 Å². The van der Waals surface area contributed by atoms with Crippen LogP contribution in [0.25, 0.3) is 0 Å². The highest BCUT2D eigenvalue weighted by atomic mass is 32.2. The quantitative estimate of drug-likeness (QED) is 0.367. The number of ether oxygens (including phenoxy) is 1. The molecule has 2 aromatic carbocycles. The SMILES string of the molecule is NS(=O)(=O)c1ccc(NCCC(=O)Nc2ccc3c(c2)NC(=O)CO3)c([N+](=O)[O-])c1. The highest BCUT2D eigenvalue weighted by molar-refractivity contribution is 7.89. The molecule has 0 aliphatic carbocycles. The van der Waals surface area contributed by atoms with Crippen LogP contribution in [0.5, 0.6) is 5.75 Å². The van der Waals surface area contributed by atoms with E-state index in [2.05, 4.69) is 16.0 Å². The number of nitro groups is 1. The maximum atomic E-state index is 12.1. The molecule has 0 radical (unpaired) electrons. The van der Waals surface area contributed by atoms with E-state index in [0.29, 0.717) is 17.1 Å². The first-order chi connectivity index (χ1) is 14.1. The predicted octanol–water partition coefficient (Wildman–Crippen LogP) is 1.01. The van der Waals surface area contributed by atoms with Crippen LogP contribution in [0.4, 0.5) is 22.7 Å². The van der Waals surface area contributed by atoms with Crippen molar-refractivity contribution in [1.29, 1.82) is 0 Å². The average Bonchev–Trinajstić information content (AvgIpc) is 2.66. The molecule has 158 valence electrons. The Labute approximate surface area is 170 Å². The molecule has 0 saturated heterocycles. The van der Waals surface area contributed by atoms with Gasteiger partial charge in [-0.25, -0.2) is 13.6 Å². The fraction of sp³-hybridized carbons (Fsp3) is 0.176. The van der Waals surface area contributed by atoms with Crippen LogP contribution in [0.1, 0.15) is 6.42 Å².